The molecule has 0 unspecified atom stereocenters. The Balaban J connectivity index is 1.86. The minimum absolute atomic E-state index is 0.832. The molecule has 2 aromatic rings. The molecule has 5 heteroatoms. The molecular formula is C13H14Br2N2S. The van der Waals surface area contributed by atoms with E-state index in [1.54, 1.807) is 11.3 Å². The summed E-state index contributed by atoms with van der Waals surface area (Å²) < 4.78 is 2.17. The molecule has 0 amide bonds. The van der Waals surface area contributed by atoms with Crippen molar-refractivity contribution in [3.63, 3.8) is 0 Å². The van der Waals surface area contributed by atoms with Crippen molar-refractivity contribution in [1.82, 2.24) is 10.3 Å². The lowest BCUT2D eigenvalue weighted by Crippen LogP contribution is -2.12. The highest BCUT2D eigenvalue weighted by Crippen LogP contribution is 2.23. The van der Waals surface area contributed by atoms with Gasteiger partial charge in [-0.2, -0.15) is 0 Å². The van der Waals surface area contributed by atoms with Gasteiger partial charge in [0.15, 0.2) is 0 Å². The number of hydrogen-bond donors (Lipinski definition) is 1. The summed E-state index contributed by atoms with van der Waals surface area (Å²) in [6, 6.07) is 6.29. The van der Waals surface area contributed by atoms with Crippen LogP contribution in [0.2, 0.25) is 0 Å². The maximum Gasteiger partial charge on any atom is 0.107 e. The van der Waals surface area contributed by atoms with Crippen molar-refractivity contribution in [3.8, 4) is 0 Å². The van der Waals surface area contributed by atoms with Gasteiger partial charge >= 0.3 is 0 Å². The number of hydrogen-bond acceptors (Lipinski definition) is 3. The molecule has 0 aliphatic carbocycles. The molecule has 2 nitrogen and oxygen atoms in total. The van der Waals surface area contributed by atoms with Crippen LogP contribution in [-0.2, 0) is 19.5 Å². The van der Waals surface area contributed by atoms with Crippen LogP contribution >= 0.6 is 43.2 Å². The van der Waals surface area contributed by atoms with Crippen LogP contribution < -0.4 is 5.32 Å². The van der Waals surface area contributed by atoms with Gasteiger partial charge in [-0.15, -0.1) is 11.3 Å². The van der Waals surface area contributed by atoms with Gasteiger partial charge in [0.05, 0.1) is 0 Å². The van der Waals surface area contributed by atoms with Crippen LogP contribution in [0, 0.1) is 0 Å². The Kier molecular flexibility index (Phi) is 5.36. The average Bonchev–Trinajstić information content (AvgIpc) is 2.82. The van der Waals surface area contributed by atoms with E-state index in [4.69, 9.17) is 0 Å². The van der Waals surface area contributed by atoms with Gasteiger partial charge in [-0.05, 0) is 56.0 Å². The van der Waals surface area contributed by atoms with Crippen molar-refractivity contribution in [2.24, 2.45) is 0 Å². The molecule has 0 radical (unpaired) electrons. The zero-order valence-electron chi connectivity index (χ0n) is 10.0. The first-order valence-corrected chi connectivity index (χ1v) is 8.17. The van der Waals surface area contributed by atoms with E-state index in [1.807, 2.05) is 6.20 Å². The first kappa shape index (κ1) is 14.2. The van der Waals surface area contributed by atoms with Crippen molar-refractivity contribution < 1.29 is 0 Å². The molecule has 0 bridgehead atoms. The lowest BCUT2D eigenvalue weighted by atomic mass is 10.2. The Morgan fingerprint density at radius 1 is 1.22 bits per heavy atom. The summed E-state index contributed by atoms with van der Waals surface area (Å²) in [7, 11) is 0. The second-order valence-corrected chi connectivity index (χ2v) is 6.83. The molecule has 0 saturated heterocycles. The highest BCUT2D eigenvalue weighted by molar-refractivity contribution is 9.13. The van der Waals surface area contributed by atoms with E-state index in [-0.39, 0.29) is 0 Å². The van der Waals surface area contributed by atoms with E-state index in [0.717, 1.165) is 33.5 Å². The number of benzene rings is 1. The average molecular weight is 390 g/mol. The van der Waals surface area contributed by atoms with E-state index >= 15 is 0 Å². The zero-order valence-corrected chi connectivity index (χ0v) is 14.0. The predicted molar refractivity (Wildman–Crippen MR) is 83.9 cm³/mol. The minimum atomic E-state index is 0.832. The summed E-state index contributed by atoms with van der Waals surface area (Å²) >= 11 is 8.76. The largest absolute Gasteiger partial charge is 0.306 e. The Bertz CT molecular complexity index is 525. The maximum absolute atomic E-state index is 4.39. The monoisotopic (exact) mass is 388 g/mol. The van der Waals surface area contributed by atoms with Gasteiger partial charge < -0.3 is 5.32 Å². The van der Waals surface area contributed by atoms with E-state index in [2.05, 4.69) is 67.3 Å². The number of aromatic nitrogens is 1. The molecule has 0 saturated carbocycles. The number of nitrogens with one attached hydrogen (secondary N) is 1. The molecule has 0 atom stereocenters. The standard InChI is InChI=1S/C13H14Br2N2S/c1-2-10-7-17-13(18-10)8-16-6-9-3-4-11(14)12(15)5-9/h3-5,7,16H,2,6,8H2,1H3. The Morgan fingerprint density at radius 2 is 2.06 bits per heavy atom. The van der Waals surface area contributed by atoms with Gasteiger partial charge in [-0.25, -0.2) is 4.98 Å². The number of nitrogens with zero attached hydrogens (tertiary/aromatic N) is 1. The topological polar surface area (TPSA) is 24.9 Å². The summed E-state index contributed by atoms with van der Waals surface area (Å²) in [6.45, 7) is 3.84. The van der Waals surface area contributed by atoms with Crippen molar-refractivity contribution in [1.29, 1.82) is 0 Å². The number of aryl methyl sites for hydroxylation is 1. The third-order valence-electron chi connectivity index (χ3n) is 2.54. The van der Waals surface area contributed by atoms with Gasteiger partial charge in [-0.3, -0.25) is 0 Å². The molecule has 0 aliphatic heterocycles. The zero-order chi connectivity index (χ0) is 13.0. The fourth-order valence-electron chi connectivity index (χ4n) is 1.56. The van der Waals surface area contributed by atoms with Crippen LogP contribution in [-0.4, -0.2) is 4.98 Å². The summed E-state index contributed by atoms with van der Waals surface area (Å²) in [5.74, 6) is 0. The Hall–Kier alpha value is -0.230. The smallest absolute Gasteiger partial charge is 0.107 e. The highest BCUT2D eigenvalue weighted by Gasteiger charge is 2.01. The molecule has 0 fully saturated rings. The second kappa shape index (κ2) is 6.80. The molecular weight excluding hydrogens is 376 g/mol. The van der Waals surface area contributed by atoms with Gasteiger partial charge in [0.25, 0.3) is 0 Å². The lowest BCUT2D eigenvalue weighted by Gasteiger charge is -2.04. The molecule has 1 aromatic carbocycles. The fourth-order valence-corrected chi connectivity index (χ4v) is 3.06. The Labute approximate surface area is 128 Å². The van der Waals surface area contributed by atoms with Gasteiger partial charge in [0.1, 0.15) is 5.01 Å². The molecule has 1 N–H and O–H groups in total. The quantitative estimate of drug-likeness (QED) is 0.812. The first-order chi connectivity index (χ1) is 8.69. The molecule has 0 aliphatic rings. The molecule has 2 rings (SSSR count). The Morgan fingerprint density at radius 3 is 2.72 bits per heavy atom. The van der Waals surface area contributed by atoms with E-state index in [9.17, 15) is 0 Å². The van der Waals surface area contributed by atoms with Crippen molar-refractivity contribution in [2.75, 3.05) is 0 Å². The van der Waals surface area contributed by atoms with Crippen LogP contribution in [0.5, 0.6) is 0 Å². The van der Waals surface area contributed by atoms with Crippen LogP contribution in [0.25, 0.3) is 0 Å². The minimum Gasteiger partial charge on any atom is -0.306 e. The molecule has 1 heterocycles. The van der Waals surface area contributed by atoms with Gasteiger partial charge in [-0.1, -0.05) is 13.0 Å². The molecule has 1 aromatic heterocycles. The van der Waals surface area contributed by atoms with Crippen LogP contribution in [0.1, 0.15) is 22.4 Å². The van der Waals surface area contributed by atoms with Gasteiger partial charge in [0, 0.05) is 33.1 Å². The summed E-state index contributed by atoms with van der Waals surface area (Å²) in [6.07, 6.45) is 3.04. The number of halogens is 2. The van der Waals surface area contributed by atoms with Crippen molar-refractivity contribution in [2.45, 2.75) is 26.4 Å². The third-order valence-corrected chi connectivity index (χ3v) is 5.56. The van der Waals surface area contributed by atoms with Crippen LogP contribution in [0.15, 0.2) is 33.3 Å². The number of rotatable bonds is 5. The fraction of sp³-hybridized carbons (Fsp3) is 0.308. The summed E-state index contributed by atoms with van der Waals surface area (Å²) in [5.41, 5.74) is 1.26. The van der Waals surface area contributed by atoms with Crippen LogP contribution in [0.3, 0.4) is 0 Å². The highest BCUT2D eigenvalue weighted by atomic mass is 79.9. The van der Waals surface area contributed by atoms with Crippen LogP contribution in [0.4, 0.5) is 0 Å². The third kappa shape index (κ3) is 3.88. The second-order valence-electron chi connectivity index (χ2n) is 3.93. The first-order valence-electron chi connectivity index (χ1n) is 5.77. The number of thiazole rings is 1. The van der Waals surface area contributed by atoms with Crippen molar-refractivity contribution in [3.05, 3.63) is 48.8 Å². The normalized spacial score (nSPS) is 10.8. The maximum atomic E-state index is 4.39. The summed E-state index contributed by atoms with van der Waals surface area (Å²) in [4.78, 5) is 5.73. The van der Waals surface area contributed by atoms with E-state index in [1.165, 1.54) is 10.4 Å². The van der Waals surface area contributed by atoms with E-state index in [0.29, 0.717) is 0 Å². The summed E-state index contributed by atoms with van der Waals surface area (Å²) in [5, 5.41) is 4.57. The molecule has 18 heavy (non-hydrogen) atoms. The molecule has 0 spiro atoms. The molecule has 96 valence electrons. The van der Waals surface area contributed by atoms with Gasteiger partial charge in [0.2, 0.25) is 0 Å². The van der Waals surface area contributed by atoms with E-state index < -0.39 is 0 Å². The predicted octanol–water partition coefficient (Wildman–Crippen LogP) is 4.52. The van der Waals surface area contributed by atoms with Crippen molar-refractivity contribution >= 4 is 43.2 Å². The SMILES string of the molecule is CCc1cnc(CNCc2ccc(Br)c(Br)c2)s1. The lowest BCUT2D eigenvalue weighted by molar-refractivity contribution is 0.689.